The quantitative estimate of drug-likeness (QED) is 0.731. The summed E-state index contributed by atoms with van der Waals surface area (Å²) in [5, 5.41) is 0. The van der Waals surface area contributed by atoms with Crippen LogP contribution in [0.4, 0.5) is 0 Å². The average Bonchev–Trinajstić information content (AvgIpc) is 2.25. The highest BCUT2D eigenvalue weighted by Gasteiger charge is 2.07. The number of pyridine rings is 1. The zero-order chi connectivity index (χ0) is 11.1. The second-order valence-electron chi connectivity index (χ2n) is 3.74. The Kier molecular flexibility index (Phi) is 5.12. The Labute approximate surface area is 91.7 Å². The fraction of sp³-hybridized carbons (Fsp3) is 0.583. The molecule has 3 nitrogen and oxygen atoms in total. The number of nitrogens with two attached hydrogens (primary N) is 1. The summed E-state index contributed by atoms with van der Waals surface area (Å²) in [5.74, 6) is 0.684. The number of nitrogens with zero attached hydrogens (tertiary/aromatic N) is 1. The van der Waals surface area contributed by atoms with Crippen molar-refractivity contribution in [2.45, 2.75) is 39.2 Å². The van der Waals surface area contributed by atoms with Crippen LogP contribution in [0.15, 0.2) is 18.3 Å². The highest BCUT2D eigenvalue weighted by molar-refractivity contribution is 5.27. The summed E-state index contributed by atoms with van der Waals surface area (Å²) in [7, 11) is 0. The molecular formula is C12H20N2O. The van der Waals surface area contributed by atoms with E-state index < -0.39 is 0 Å². The molecule has 0 fully saturated rings. The molecule has 2 N–H and O–H groups in total. The molecule has 0 aromatic carbocycles. The molecule has 0 saturated carbocycles. The van der Waals surface area contributed by atoms with Crippen LogP contribution in [0.25, 0.3) is 0 Å². The molecule has 1 heterocycles. The third-order valence-corrected chi connectivity index (χ3v) is 2.28. The lowest BCUT2D eigenvalue weighted by molar-refractivity contribution is 0.290. The fourth-order valence-electron chi connectivity index (χ4n) is 1.39. The Balaban J connectivity index is 2.52. The SMILES string of the molecule is CCCCCOc1ncccc1C(C)N. The smallest absolute Gasteiger partial charge is 0.218 e. The minimum atomic E-state index is -0.0279. The van der Waals surface area contributed by atoms with E-state index in [1.54, 1.807) is 6.20 Å². The van der Waals surface area contributed by atoms with Gasteiger partial charge in [0.2, 0.25) is 5.88 Å². The van der Waals surface area contributed by atoms with Gasteiger partial charge >= 0.3 is 0 Å². The van der Waals surface area contributed by atoms with Crippen LogP contribution in [-0.2, 0) is 0 Å². The monoisotopic (exact) mass is 208 g/mol. The molecule has 1 aromatic heterocycles. The minimum absolute atomic E-state index is 0.0279. The van der Waals surface area contributed by atoms with Gasteiger partial charge in [-0.1, -0.05) is 25.8 Å². The van der Waals surface area contributed by atoms with Gasteiger partial charge in [-0.25, -0.2) is 4.98 Å². The lowest BCUT2D eigenvalue weighted by atomic mass is 10.1. The van der Waals surface area contributed by atoms with Gasteiger partial charge in [0.15, 0.2) is 0 Å². The molecule has 1 rings (SSSR count). The van der Waals surface area contributed by atoms with Crippen molar-refractivity contribution in [3.63, 3.8) is 0 Å². The number of hydrogen-bond donors (Lipinski definition) is 1. The van der Waals surface area contributed by atoms with Crippen molar-refractivity contribution in [1.29, 1.82) is 0 Å². The van der Waals surface area contributed by atoms with Crippen molar-refractivity contribution in [1.82, 2.24) is 4.98 Å². The predicted molar refractivity (Wildman–Crippen MR) is 61.9 cm³/mol. The molecule has 3 heteroatoms. The molecule has 0 saturated heterocycles. The van der Waals surface area contributed by atoms with E-state index in [0.29, 0.717) is 5.88 Å². The number of ether oxygens (including phenoxy) is 1. The molecule has 1 aromatic rings. The summed E-state index contributed by atoms with van der Waals surface area (Å²) in [4.78, 5) is 4.20. The Morgan fingerprint density at radius 3 is 2.93 bits per heavy atom. The first-order valence-electron chi connectivity index (χ1n) is 5.59. The average molecular weight is 208 g/mol. The lowest BCUT2D eigenvalue weighted by Crippen LogP contribution is -2.09. The molecule has 15 heavy (non-hydrogen) atoms. The van der Waals surface area contributed by atoms with Gasteiger partial charge in [-0.15, -0.1) is 0 Å². The molecular weight excluding hydrogens is 188 g/mol. The predicted octanol–water partition coefficient (Wildman–Crippen LogP) is 2.67. The summed E-state index contributed by atoms with van der Waals surface area (Å²) in [5.41, 5.74) is 6.81. The summed E-state index contributed by atoms with van der Waals surface area (Å²) >= 11 is 0. The third-order valence-electron chi connectivity index (χ3n) is 2.28. The normalized spacial score (nSPS) is 12.5. The van der Waals surface area contributed by atoms with Gasteiger partial charge in [-0.3, -0.25) is 0 Å². The van der Waals surface area contributed by atoms with Crippen molar-refractivity contribution in [3.05, 3.63) is 23.9 Å². The highest BCUT2D eigenvalue weighted by Crippen LogP contribution is 2.20. The fourth-order valence-corrected chi connectivity index (χ4v) is 1.39. The van der Waals surface area contributed by atoms with Crippen LogP contribution in [0.3, 0.4) is 0 Å². The van der Waals surface area contributed by atoms with Crippen molar-refractivity contribution in [3.8, 4) is 5.88 Å². The van der Waals surface area contributed by atoms with E-state index in [4.69, 9.17) is 10.5 Å². The summed E-state index contributed by atoms with van der Waals surface area (Å²) < 4.78 is 5.61. The van der Waals surface area contributed by atoms with E-state index in [1.165, 1.54) is 12.8 Å². The maximum absolute atomic E-state index is 5.82. The van der Waals surface area contributed by atoms with Gasteiger partial charge in [0.05, 0.1) is 6.61 Å². The Morgan fingerprint density at radius 2 is 2.27 bits per heavy atom. The van der Waals surface area contributed by atoms with Gasteiger partial charge in [-0.05, 0) is 19.4 Å². The summed E-state index contributed by atoms with van der Waals surface area (Å²) in [6.45, 7) is 4.84. The van der Waals surface area contributed by atoms with Crippen LogP contribution >= 0.6 is 0 Å². The molecule has 1 atom stereocenters. The Morgan fingerprint density at radius 1 is 1.47 bits per heavy atom. The minimum Gasteiger partial charge on any atom is -0.477 e. The highest BCUT2D eigenvalue weighted by atomic mass is 16.5. The van der Waals surface area contributed by atoms with Crippen molar-refractivity contribution in [2.75, 3.05) is 6.61 Å². The van der Waals surface area contributed by atoms with Gasteiger partial charge in [0, 0.05) is 17.8 Å². The summed E-state index contributed by atoms with van der Waals surface area (Å²) in [6.07, 6.45) is 5.21. The van der Waals surface area contributed by atoms with Crippen molar-refractivity contribution < 1.29 is 4.74 Å². The third kappa shape index (κ3) is 3.88. The molecule has 0 bridgehead atoms. The largest absolute Gasteiger partial charge is 0.477 e. The molecule has 0 aliphatic carbocycles. The van der Waals surface area contributed by atoms with E-state index >= 15 is 0 Å². The van der Waals surface area contributed by atoms with E-state index in [9.17, 15) is 0 Å². The molecule has 0 radical (unpaired) electrons. The topological polar surface area (TPSA) is 48.1 Å². The van der Waals surface area contributed by atoms with E-state index in [0.717, 1.165) is 18.6 Å². The van der Waals surface area contributed by atoms with Crippen LogP contribution < -0.4 is 10.5 Å². The van der Waals surface area contributed by atoms with E-state index in [2.05, 4.69) is 11.9 Å². The van der Waals surface area contributed by atoms with Crippen LogP contribution in [0.5, 0.6) is 5.88 Å². The van der Waals surface area contributed by atoms with Crippen molar-refractivity contribution >= 4 is 0 Å². The van der Waals surface area contributed by atoms with Crippen LogP contribution in [-0.4, -0.2) is 11.6 Å². The van der Waals surface area contributed by atoms with Gasteiger partial charge in [-0.2, -0.15) is 0 Å². The molecule has 84 valence electrons. The number of rotatable bonds is 6. The van der Waals surface area contributed by atoms with Crippen LogP contribution in [0.1, 0.15) is 44.7 Å². The van der Waals surface area contributed by atoms with Gasteiger partial charge in [0.25, 0.3) is 0 Å². The van der Waals surface area contributed by atoms with E-state index in [-0.39, 0.29) is 6.04 Å². The zero-order valence-corrected chi connectivity index (χ0v) is 9.57. The molecule has 0 aliphatic rings. The molecule has 0 amide bonds. The molecule has 0 aliphatic heterocycles. The van der Waals surface area contributed by atoms with Crippen LogP contribution in [0.2, 0.25) is 0 Å². The first kappa shape index (κ1) is 12.0. The number of hydrogen-bond acceptors (Lipinski definition) is 3. The Bertz CT molecular complexity index is 287. The second-order valence-corrected chi connectivity index (χ2v) is 3.74. The molecule has 0 spiro atoms. The maximum atomic E-state index is 5.82. The first-order valence-corrected chi connectivity index (χ1v) is 5.59. The second kappa shape index (κ2) is 6.40. The Hall–Kier alpha value is -1.09. The zero-order valence-electron chi connectivity index (χ0n) is 9.57. The standard InChI is InChI=1S/C12H20N2O/c1-3-4-5-9-15-12-11(10(2)13)7-6-8-14-12/h6-8,10H,3-5,9,13H2,1-2H3. The van der Waals surface area contributed by atoms with Gasteiger partial charge < -0.3 is 10.5 Å². The summed E-state index contributed by atoms with van der Waals surface area (Å²) in [6, 6.07) is 3.82. The van der Waals surface area contributed by atoms with Crippen LogP contribution in [0, 0.1) is 0 Å². The first-order chi connectivity index (χ1) is 7.25. The number of unbranched alkanes of at least 4 members (excludes halogenated alkanes) is 2. The number of aromatic nitrogens is 1. The maximum Gasteiger partial charge on any atom is 0.218 e. The van der Waals surface area contributed by atoms with E-state index in [1.807, 2.05) is 19.1 Å². The van der Waals surface area contributed by atoms with Crippen molar-refractivity contribution in [2.24, 2.45) is 5.73 Å². The van der Waals surface area contributed by atoms with Gasteiger partial charge in [0.1, 0.15) is 0 Å². The lowest BCUT2D eigenvalue weighted by Gasteiger charge is -2.12. The molecule has 1 unspecified atom stereocenters.